The molecular weight excluding hydrogens is 240 g/mol. The third-order valence-electron chi connectivity index (χ3n) is 3.74. The number of rotatable bonds is 5. The van der Waals surface area contributed by atoms with Crippen LogP contribution in [-0.4, -0.2) is 48.5 Å². The molecule has 0 aliphatic carbocycles. The lowest BCUT2D eigenvalue weighted by atomic mass is 10.2. The Labute approximate surface area is 114 Å². The van der Waals surface area contributed by atoms with E-state index in [2.05, 4.69) is 27.4 Å². The number of anilines is 1. The number of carbonyl (C=O) groups is 1. The van der Waals surface area contributed by atoms with Crippen molar-refractivity contribution in [2.24, 2.45) is 0 Å². The quantitative estimate of drug-likeness (QED) is 0.840. The van der Waals surface area contributed by atoms with Crippen molar-refractivity contribution in [2.75, 3.05) is 32.0 Å². The maximum Gasteiger partial charge on any atom is 0.255 e. The van der Waals surface area contributed by atoms with E-state index in [0.717, 1.165) is 18.8 Å². The predicted octanol–water partition coefficient (Wildman–Crippen LogP) is 1.34. The molecule has 1 aliphatic heterocycles. The van der Waals surface area contributed by atoms with Gasteiger partial charge in [0.2, 0.25) is 0 Å². The summed E-state index contributed by atoms with van der Waals surface area (Å²) in [6.45, 7) is 5.08. The van der Waals surface area contributed by atoms with Crippen molar-refractivity contribution in [3.63, 3.8) is 0 Å². The van der Waals surface area contributed by atoms with Crippen molar-refractivity contribution < 1.29 is 4.79 Å². The van der Waals surface area contributed by atoms with Gasteiger partial charge in [0.15, 0.2) is 0 Å². The van der Waals surface area contributed by atoms with Crippen LogP contribution in [0, 0.1) is 0 Å². The molecule has 0 radical (unpaired) electrons. The second-order valence-electron chi connectivity index (χ2n) is 4.81. The van der Waals surface area contributed by atoms with Crippen molar-refractivity contribution in [1.82, 2.24) is 15.2 Å². The molecule has 19 heavy (non-hydrogen) atoms. The van der Waals surface area contributed by atoms with E-state index in [1.807, 2.05) is 13.1 Å². The fourth-order valence-electron chi connectivity index (χ4n) is 2.64. The Hall–Kier alpha value is -1.62. The Kier molecular flexibility index (Phi) is 4.74. The molecular formula is C14H22N4O. The zero-order chi connectivity index (χ0) is 13.7. The maximum atomic E-state index is 12.2. The molecule has 1 aromatic heterocycles. The van der Waals surface area contributed by atoms with Gasteiger partial charge in [0, 0.05) is 37.7 Å². The molecule has 2 heterocycles. The van der Waals surface area contributed by atoms with E-state index in [1.165, 1.54) is 12.8 Å². The zero-order valence-corrected chi connectivity index (χ0v) is 11.6. The Bertz CT molecular complexity index is 435. The number of aromatic nitrogens is 1. The molecule has 0 bridgehead atoms. The molecule has 0 spiro atoms. The van der Waals surface area contributed by atoms with Crippen molar-refractivity contribution in [1.29, 1.82) is 0 Å². The average molecular weight is 262 g/mol. The number of nitrogens with one attached hydrogen (secondary N) is 2. The molecule has 5 heteroatoms. The largest absolute Gasteiger partial charge is 0.387 e. The van der Waals surface area contributed by atoms with E-state index in [1.54, 1.807) is 12.4 Å². The summed E-state index contributed by atoms with van der Waals surface area (Å²) in [5, 5.41) is 6.03. The zero-order valence-electron chi connectivity index (χ0n) is 11.6. The first-order chi connectivity index (χ1) is 9.26. The van der Waals surface area contributed by atoms with Crippen LogP contribution < -0.4 is 10.6 Å². The normalized spacial score (nSPS) is 19.4. The molecule has 1 aromatic rings. The molecule has 0 saturated carbocycles. The topological polar surface area (TPSA) is 57.3 Å². The van der Waals surface area contributed by atoms with E-state index in [9.17, 15) is 4.79 Å². The van der Waals surface area contributed by atoms with E-state index < -0.39 is 0 Å². The maximum absolute atomic E-state index is 12.2. The van der Waals surface area contributed by atoms with Crippen LogP contribution >= 0.6 is 0 Å². The third kappa shape index (κ3) is 3.23. The lowest BCUT2D eigenvalue weighted by Crippen LogP contribution is -2.40. The fraction of sp³-hybridized carbons (Fsp3) is 0.571. The van der Waals surface area contributed by atoms with Crippen LogP contribution in [0.2, 0.25) is 0 Å². The van der Waals surface area contributed by atoms with E-state index in [4.69, 9.17) is 0 Å². The third-order valence-corrected chi connectivity index (χ3v) is 3.74. The first-order valence-electron chi connectivity index (χ1n) is 6.90. The second-order valence-corrected chi connectivity index (χ2v) is 4.81. The molecule has 1 unspecified atom stereocenters. The van der Waals surface area contributed by atoms with Crippen LogP contribution in [0.15, 0.2) is 18.5 Å². The van der Waals surface area contributed by atoms with E-state index in [0.29, 0.717) is 18.2 Å². The molecule has 1 amide bonds. The van der Waals surface area contributed by atoms with Gasteiger partial charge in [0.1, 0.15) is 0 Å². The standard InChI is InChI=1S/C14H22N4O/c1-3-18-8-4-5-11(18)9-17-14(19)12-10-16-7-6-13(12)15-2/h6-7,10-11H,3-5,8-9H2,1-2H3,(H,15,16)(H,17,19). The predicted molar refractivity (Wildman–Crippen MR) is 76.4 cm³/mol. The van der Waals surface area contributed by atoms with Gasteiger partial charge in [-0.1, -0.05) is 6.92 Å². The first-order valence-corrected chi connectivity index (χ1v) is 6.90. The molecule has 0 aromatic carbocycles. The molecule has 1 fully saturated rings. The van der Waals surface area contributed by atoms with Gasteiger partial charge in [-0.15, -0.1) is 0 Å². The van der Waals surface area contributed by atoms with Gasteiger partial charge >= 0.3 is 0 Å². The number of pyridine rings is 1. The number of likely N-dealkylation sites (N-methyl/N-ethyl adjacent to an activating group) is 1. The van der Waals surface area contributed by atoms with Gasteiger partial charge in [-0.3, -0.25) is 14.7 Å². The van der Waals surface area contributed by atoms with Crippen molar-refractivity contribution in [2.45, 2.75) is 25.8 Å². The summed E-state index contributed by atoms with van der Waals surface area (Å²) >= 11 is 0. The minimum atomic E-state index is -0.0552. The number of likely N-dealkylation sites (tertiary alicyclic amines) is 1. The number of hydrogen-bond donors (Lipinski definition) is 2. The molecule has 2 rings (SSSR count). The number of amides is 1. The summed E-state index contributed by atoms with van der Waals surface area (Å²) < 4.78 is 0. The van der Waals surface area contributed by atoms with Crippen LogP contribution in [0.25, 0.3) is 0 Å². The molecule has 1 atom stereocenters. The fourth-order valence-corrected chi connectivity index (χ4v) is 2.64. The number of nitrogens with zero attached hydrogens (tertiary/aromatic N) is 2. The highest BCUT2D eigenvalue weighted by Crippen LogP contribution is 2.16. The van der Waals surface area contributed by atoms with Crippen LogP contribution in [-0.2, 0) is 0 Å². The van der Waals surface area contributed by atoms with Crippen LogP contribution in [0.3, 0.4) is 0 Å². The Morgan fingerprint density at radius 1 is 1.58 bits per heavy atom. The minimum Gasteiger partial charge on any atom is -0.387 e. The summed E-state index contributed by atoms with van der Waals surface area (Å²) in [4.78, 5) is 18.6. The van der Waals surface area contributed by atoms with Gasteiger partial charge in [-0.2, -0.15) is 0 Å². The van der Waals surface area contributed by atoms with E-state index >= 15 is 0 Å². The smallest absolute Gasteiger partial charge is 0.255 e. The van der Waals surface area contributed by atoms with Crippen LogP contribution in [0.5, 0.6) is 0 Å². The monoisotopic (exact) mass is 262 g/mol. The Morgan fingerprint density at radius 3 is 3.16 bits per heavy atom. The van der Waals surface area contributed by atoms with E-state index in [-0.39, 0.29) is 5.91 Å². The minimum absolute atomic E-state index is 0.0552. The number of hydrogen-bond acceptors (Lipinski definition) is 4. The highest BCUT2D eigenvalue weighted by atomic mass is 16.1. The average Bonchev–Trinajstić information content (AvgIpc) is 2.92. The summed E-state index contributed by atoms with van der Waals surface area (Å²) in [7, 11) is 1.81. The van der Waals surface area contributed by atoms with Crippen LogP contribution in [0.1, 0.15) is 30.1 Å². The molecule has 1 saturated heterocycles. The molecule has 104 valence electrons. The van der Waals surface area contributed by atoms with Crippen molar-refractivity contribution in [3.05, 3.63) is 24.0 Å². The number of carbonyl (C=O) groups excluding carboxylic acids is 1. The van der Waals surface area contributed by atoms with Crippen LogP contribution in [0.4, 0.5) is 5.69 Å². The summed E-state index contributed by atoms with van der Waals surface area (Å²) in [5.74, 6) is -0.0552. The summed E-state index contributed by atoms with van der Waals surface area (Å²) in [5.41, 5.74) is 1.41. The highest BCUT2D eigenvalue weighted by molar-refractivity contribution is 5.99. The molecule has 1 aliphatic rings. The lowest BCUT2D eigenvalue weighted by molar-refractivity contribution is 0.0942. The summed E-state index contributed by atoms with van der Waals surface area (Å²) in [6, 6.07) is 2.28. The van der Waals surface area contributed by atoms with Gasteiger partial charge < -0.3 is 10.6 Å². The van der Waals surface area contributed by atoms with Crippen molar-refractivity contribution >= 4 is 11.6 Å². The molecule has 5 nitrogen and oxygen atoms in total. The second kappa shape index (κ2) is 6.52. The molecule has 2 N–H and O–H groups in total. The lowest BCUT2D eigenvalue weighted by Gasteiger charge is -2.23. The van der Waals surface area contributed by atoms with Gasteiger partial charge in [0.05, 0.1) is 5.56 Å². The Morgan fingerprint density at radius 2 is 2.42 bits per heavy atom. The highest BCUT2D eigenvalue weighted by Gasteiger charge is 2.23. The van der Waals surface area contributed by atoms with Crippen molar-refractivity contribution in [3.8, 4) is 0 Å². The Balaban J connectivity index is 1.94. The SMILES string of the molecule is CCN1CCCC1CNC(=O)c1cnccc1NC. The van der Waals surface area contributed by atoms with Gasteiger partial charge in [-0.05, 0) is 32.0 Å². The summed E-state index contributed by atoms with van der Waals surface area (Å²) in [6.07, 6.45) is 5.68. The van der Waals surface area contributed by atoms with Gasteiger partial charge in [-0.25, -0.2) is 0 Å². The van der Waals surface area contributed by atoms with Gasteiger partial charge in [0.25, 0.3) is 5.91 Å². The first kappa shape index (κ1) is 13.8.